The molecule has 0 aliphatic rings. The van der Waals surface area contributed by atoms with Gasteiger partial charge in [0.25, 0.3) is 5.56 Å². The Balaban J connectivity index is 2.06. The molecule has 20 heavy (non-hydrogen) atoms. The Morgan fingerprint density at radius 1 is 1.15 bits per heavy atom. The van der Waals surface area contributed by atoms with E-state index in [-0.39, 0.29) is 17.9 Å². The van der Waals surface area contributed by atoms with E-state index in [0.717, 1.165) is 10.0 Å². The molecule has 0 radical (unpaired) electrons. The van der Waals surface area contributed by atoms with Crippen molar-refractivity contribution < 1.29 is 4.39 Å². The Morgan fingerprint density at radius 3 is 2.65 bits per heavy atom. The van der Waals surface area contributed by atoms with Crippen molar-refractivity contribution >= 4 is 26.8 Å². The fourth-order valence-corrected chi connectivity index (χ4v) is 2.28. The van der Waals surface area contributed by atoms with Gasteiger partial charge in [-0.3, -0.25) is 4.79 Å². The van der Waals surface area contributed by atoms with Gasteiger partial charge in [0.1, 0.15) is 11.3 Å². The molecule has 2 aromatic carbocycles. The van der Waals surface area contributed by atoms with E-state index in [4.69, 9.17) is 0 Å². The highest BCUT2D eigenvalue weighted by molar-refractivity contribution is 9.10. The van der Waals surface area contributed by atoms with E-state index < -0.39 is 0 Å². The minimum absolute atomic E-state index is 0.222. The Kier molecular flexibility index (Phi) is 3.31. The molecule has 100 valence electrons. The molecule has 0 aliphatic heterocycles. The average molecular weight is 334 g/mol. The summed E-state index contributed by atoms with van der Waals surface area (Å²) in [6.45, 7) is 0.258. The van der Waals surface area contributed by atoms with Gasteiger partial charge in [0.15, 0.2) is 0 Å². The van der Waals surface area contributed by atoms with E-state index in [0.29, 0.717) is 10.9 Å². The summed E-state index contributed by atoms with van der Waals surface area (Å²) in [5.74, 6) is -0.311. The highest BCUT2D eigenvalue weighted by atomic mass is 79.9. The molecule has 0 amide bonds. The Bertz CT molecular complexity index is 830. The van der Waals surface area contributed by atoms with E-state index in [9.17, 15) is 9.18 Å². The third-order valence-electron chi connectivity index (χ3n) is 2.93. The number of hydrogen-bond donors (Lipinski definition) is 0. The standard InChI is InChI=1S/C14H9BrFN3O/c15-10-3-6-13-12(7-10)14(20)19(18-17-13)8-9-1-4-11(16)5-2-9/h1-7H,8H2. The molecule has 0 aliphatic carbocycles. The van der Waals surface area contributed by atoms with Crippen molar-refractivity contribution in [2.45, 2.75) is 6.54 Å². The van der Waals surface area contributed by atoms with Crippen LogP contribution in [0.5, 0.6) is 0 Å². The van der Waals surface area contributed by atoms with Crippen LogP contribution in [0.1, 0.15) is 5.56 Å². The highest BCUT2D eigenvalue weighted by Crippen LogP contribution is 2.14. The van der Waals surface area contributed by atoms with Crippen molar-refractivity contribution in [1.82, 2.24) is 15.0 Å². The van der Waals surface area contributed by atoms with E-state index in [2.05, 4.69) is 26.2 Å². The molecule has 0 atom stereocenters. The lowest BCUT2D eigenvalue weighted by Crippen LogP contribution is -2.24. The highest BCUT2D eigenvalue weighted by Gasteiger charge is 2.06. The van der Waals surface area contributed by atoms with Crippen LogP contribution in [0, 0.1) is 5.82 Å². The van der Waals surface area contributed by atoms with Gasteiger partial charge in [-0.05, 0) is 35.9 Å². The summed E-state index contributed by atoms with van der Waals surface area (Å²) in [4.78, 5) is 12.3. The lowest BCUT2D eigenvalue weighted by Gasteiger charge is -2.05. The molecule has 0 unspecified atom stereocenters. The van der Waals surface area contributed by atoms with Crippen LogP contribution in [0.25, 0.3) is 10.9 Å². The van der Waals surface area contributed by atoms with Gasteiger partial charge in [0, 0.05) is 4.47 Å². The van der Waals surface area contributed by atoms with Gasteiger partial charge in [-0.25, -0.2) is 9.07 Å². The molecule has 0 N–H and O–H groups in total. The molecule has 0 spiro atoms. The molecule has 1 heterocycles. The van der Waals surface area contributed by atoms with Crippen LogP contribution in [0.15, 0.2) is 51.7 Å². The monoisotopic (exact) mass is 333 g/mol. The second-order valence-electron chi connectivity index (χ2n) is 4.34. The van der Waals surface area contributed by atoms with Crippen molar-refractivity contribution in [2.24, 2.45) is 0 Å². The van der Waals surface area contributed by atoms with Crippen molar-refractivity contribution in [3.05, 3.63) is 68.7 Å². The van der Waals surface area contributed by atoms with Crippen molar-refractivity contribution in [3.63, 3.8) is 0 Å². The average Bonchev–Trinajstić information content (AvgIpc) is 2.45. The lowest BCUT2D eigenvalue weighted by molar-refractivity contribution is 0.596. The number of aromatic nitrogens is 3. The van der Waals surface area contributed by atoms with Crippen LogP contribution < -0.4 is 5.56 Å². The smallest absolute Gasteiger partial charge is 0.267 e. The second kappa shape index (κ2) is 5.13. The number of benzene rings is 2. The molecule has 3 aromatic rings. The predicted molar refractivity (Wildman–Crippen MR) is 77.0 cm³/mol. The summed E-state index contributed by atoms with van der Waals surface area (Å²) in [6, 6.07) is 11.2. The number of hydrogen-bond acceptors (Lipinski definition) is 3. The largest absolute Gasteiger partial charge is 0.277 e. The number of halogens is 2. The van der Waals surface area contributed by atoms with Crippen LogP contribution >= 0.6 is 15.9 Å². The molecule has 4 nitrogen and oxygen atoms in total. The van der Waals surface area contributed by atoms with Crippen LogP contribution in [0.3, 0.4) is 0 Å². The first kappa shape index (κ1) is 12.9. The Labute approximate surface area is 122 Å². The number of rotatable bonds is 2. The summed E-state index contributed by atoms with van der Waals surface area (Å²) in [7, 11) is 0. The Hall–Kier alpha value is -2.08. The van der Waals surface area contributed by atoms with E-state index >= 15 is 0 Å². The first-order valence-corrected chi connectivity index (χ1v) is 6.70. The molecule has 3 rings (SSSR count). The molecule has 0 bridgehead atoms. The summed E-state index contributed by atoms with van der Waals surface area (Å²) < 4.78 is 14.9. The van der Waals surface area contributed by atoms with Crippen LogP contribution in [-0.4, -0.2) is 15.0 Å². The maximum absolute atomic E-state index is 12.9. The lowest BCUT2D eigenvalue weighted by atomic mass is 10.2. The maximum Gasteiger partial charge on any atom is 0.277 e. The molecular formula is C14H9BrFN3O. The fourth-order valence-electron chi connectivity index (χ4n) is 1.91. The number of nitrogens with zero attached hydrogens (tertiary/aromatic N) is 3. The van der Waals surface area contributed by atoms with Crippen molar-refractivity contribution in [1.29, 1.82) is 0 Å². The second-order valence-corrected chi connectivity index (χ2v) is 5.26. The third-order valence-corrected chi connectivity index (χ3v) is 3.42. The van der Waals surface area contributed by atoms with Crippen LogP contribution in [0.4, 0.5) is 4.39 Å². The third kappa shape index (κ3) is 2.46. The summed E-state index contributed by atoms with van der Waals surface area (Å²) in [5, 5.41) is 8.41. The van der Waals surface area contributed by atoms with Crippen LogP contribution in [-0.2, 0) is 6.54 Å². The van der Waals surface area contributed by atoms with E-state index in [1.54, 1.807) is 30.3 Å². The van der Waals surface area contributed by atoms with Crippen molar-refractivity contribution in [2.75, 3.05) is 0 Å². The topological polar surface area (TPSA) is 47.8 Å². The molecule has 0 fully saturated rings. The zero-order valence-electron chi connectivity index (χ0n) is 10.3. The fraction of sp³-hybridized carbons (Fsp3) is 0.0714. The molecule has 0 saturated heterocycles. The van der Waals surface area contributed by atoms with Crippen molar-refractivity contribution in [3.8, 4) is 0 Å². The van der Waals surface area contributed by atoms with Crippen LogP contribution in [0.2, 0.25) is 0 Å². The van der Waals surface area contributed by atoms with Gasteiger partial charge in [0.05, 0.1) is 11.9 Å². The molecular weight excluding hydrogens is 325 g/mol. The van der Waals surface area contributed by atoms with Gasteiger partial charge in [-0.15, -0.1) is 5.10 Å². The predicted octanol–water partition coefficient (Wildman–Crippen LogP) is 2.74. The normalized spacial score (nSPS) is 10.9. The SMILES string of the molecule is O=c1c2cc(Br)ccc2nnn1Cc1ccc(F)cc1. The minimum atomic E-state index is -0.311. The minimum Gasteiger partial charge on any atom is -0.267 e. The Morgan fingerprint density at radius 2 is 1.90 bits per heavy atom. The van der Waals surface area contributed by atoms with E-state index in [1.165, 1.54) is 16.8 Å². The quantitative estimate of drug-likeness (QED) is 0.724. The van der Waals surface area contributed by atoms with Gasteiger partial charge >= 0.3 is 0 Å². The van der Waals surface area contributed by atoms with Gasteiger partial charge in [0.2, 0.25) is 0 Å². The molecule has 0 saturated carbocycles. The van der Waals surface area contributed by atoms with Gasteiger partial charge in [-0.2, -0.15) is 0 Å². The molecule has 1 aromatic heterocycles. The maximum atomic E-state index is 12.9. The first-order chi connectivity index (χ1) is 9.63. The first-order valence-electron chi connectivity index (χ1n) is 5.91. The molecule has 6 heteroatoms. The zero-order valence-corrected chi connectivity index (χ0v) is 11.8. The van der Waals surface area contributed by atoms with Gasteiger partial charge < -0.3 is 0 Å². The number of fused-ring (bicyclic) bond motifs is 1. The summed E-state index contributed by atoms with van der Waals surface area (Å²) in [6.07, 6.45) is 0. The van der Waals surface area contributed by atoms with E-state index in [1.807, 2.05) is 0 Å². The summed E-state index contributed by atoms with van der Waals surface area (Å²) >= 11 is 3.33. The summed E-state index contributed by atoms with van der Waals surface area (Å²) in [5.41, 5.74) is 1.12. The zero-order chi connectivity index (χ0) is 14.1. The van der Waals surface area contributed by atoms with Gasteiger partial charge in [-0.1, -0.05) is 33.3 Å².